The minimum absolute atomic E-state index is 0.0732. The summed E-state index contributed by atoms with van der Waals surface area (Å²) in [6.07, 6.45) is -0.369. The number of amides is 1. The first kappa shape index (κ1) is 12.4. The molecule has 1 heterocycles. The van der Waals surface area contributed by atoms with Crippen LogP contribution < -0.4 is 0 Å². The fourth-order valence-corrected chi connectivity index (χ4v) is 2.09. The molecule has 92 valence electrons. The largest absolute Gasteiger partial charge is 0.453 e. The second-order valence-electron chi connectivity index (χ2n) is 3.83. The lowest BCUT2D eigenvalue weighted by Crippen LogP contribution is -2.42. The third-order valence-electron chi connectivity index (χ3n) is 2.74. The van der Waals surface area contributed by atoms with Crippen molar-refractivity contribution in [3.8, 4) is 0 Å². The van der Waals surface area contributed by atoms with Gasteiger partial charge in [-0.05, 0) is 17.7 Å². The monoisotopic (exact) mass is 299 g/mol. The van der Waals surface area contributed by atoms with Gasteiger partial charge in [-0.25, -0.2) is 4.79 Å². The molecule has 0 spiro atoms. The fraction of sp³-hybridized carbons (Fsp3) is 0.417. The quantitative estimate of drug-likeness (QED) is 0.800. The van der Waals surface area contributed by atoms with E-state index in [1.807, 2.05) is 24.3 Å². The molecule has 1 fully saturated rings. The van der Waals surface area contributed by atoms with Crippen LogP contribution in [0.1, 0.15) is 11.7 Å². The number of nitrogens with zero attached hydrogens (tertiary/aromatic N) is 1. The summed E-state index contributed by atoms with van der Waals surface area (Å²) in [6, 6.07) is 7.93. The first-order chi connectivity index (χ1) is 8.20. The van der Waals surface area contributed by atoms with Gasteiger partial charge in [0.25, 0.3) is 0 Å². The molecular weight excluding hydrogens is 286 g/mol. The summed E-state index contributed by atoms with van der Waals surface area (Å²) in [4.78, 5) is 13.1. The molecule has 0 aromatic heterocycles. The summed E-state index contributed by atoms with van der Waals surface area (Å²) in [7, 11) is 1.40. The summed E-state index contributed by atoms with van der Waals surface area (Å²) in [5.74, 6) is 0. The van der Waals surface area contributed by atoms with Gasteiger partial charge in [0.1, 0.15) is 6.10 Å². The lowest BCUT2D eigenvalue weighted by Gasteiger charge is -2.32. The molecule has 5 heteroatoms. The van der Waals surface area contributed by atoms with E-state index < -0.39 is 0 Å². The summed E-state index contributed by atoms with van der Waals surface area (Å²) < 4.78 is 11.4. The molecule has 1 atom stereocenters. The Balaban J connectivity index is 2.06. The molecule has 0 radical (unpaired) electrons. The Morgan fingerprint density at radius 2 is 2.18 bits per heavy atom. The van der Waals surface area contributed by atoms with Gasteiger partial charge in [-0.1, -0.05) is 28.1 Å². The first-order valence-corrected chi connectivity index (χ1v) is 6.20. The van der Waals surface area contributed by atoms with Crippen molar-refractivity contribution in [2.75, 3.05) is 26.8 Å². The highest BCUT2D eigenvalue weighted by Gasteiger charge is 2.25. The number of rotatable bonds is 1. The van der Waals surface area contributed by atoms with Gasteiger partial charge >= 0.3 is 6.09 Å². The van der Waals surface area contributed by atoms with Crippen LogP contribution in [-0.4, -0.2) is 37.8 Å². The van der Waals surface area contributed by atoms with Crippen LogP contribution in [0, 0.1) is 0 Å². The van der Waals surface area contributed by atoms with Crippen LogP contribution >= 0.6 is 15.9 Å². The van der Waals surface area contributed by atoms with Crippen molar-refractivity contribution in [3.63, 3.8) is 0 Å². The zero-order valence-corrected chi connectivity index (χ0v) is 11.1. The standard InChI is InChI=1S/C12H14BrNO3/c1-16-12(15)14-6-7-17-11(8-14)9-2-4-10(13)5-3-9/h2-5,11H,6-8H2,1H3. The van der Waals surface area contributed by atoms with E-state index in [0.29, 0.717) is 19.7 Å². The highest BCUT2D eigenvalue weighted by molar-refractivity contribution is 9.10. The van der Waals surface area contributed by atoms with Gasteiger partial charge in [-0.3, -0.25) is 0 Å². The molecule has 1 aromatic rings. The Kier molecular flexibility index (Phi) is 4.02. The molecule has 1 aliphatic heterocycles. The zero-order chi connectivity index (χ0) is 12.3. The van der Waals surface area contributed by atoms with Gasteiger partial charge in [0.15, 0.2) is 0 Å². The maximum absolute atomic E-state index is 11.4. The molecule has 1 aliphatic rings. The molecule has 0 saturated carbocycles. The van der Waals surface area contributed by atoms with Crippen molar-refractivity contribution in [2.45, 2.75) is 6.10 Å². The van der Waals surface area contributed by atoms with E-state index in [0.717, 1.165) is 10.0 Å². The number of benzene rings is 1. The molecule has 1 unspecified atom stereocenters. The van der Waals surface area contributed by atoms with Gasteiger partial charge in [0, 0.05) is 11.0 Å². The minimum Gasteiger partial charge on any atom is -0.453 e. The zero-order valence-electron chi connectivity index (χ0n) is 9.56. The number of hydrogen-bond donors (Lipinski definition) is 0. The normalized spacial score (nSPS) is 20.1. The maximum Gasteiger partial charge on any atom is 0.409 e. The lowest BCUT2D eigenvalue weighted by molar-refractivity contribution is -0.0258. The van der Waals surface area contributed by atoms with Gasteiger partial charge in [0.2, 0.25) is 0 Å². The van der Waals surface area contributed by atoms with Crippen molar-refractivity contribution < 1.29 is 14.3 Å². The topological polar surface area (TPSA) is 38.8 Å². The summed E-state index contributed by atoms with van der Waals surface area (Å²) in [5.41, 5.74) is 1.07. The van der Waals surface area contributed by atoms with E-state index in [1.165, 1.54) is 7.11 Å². The number of hydrogen-bond acceptors (Lipinski definition) is 3. The Labute approximate surface area is 109 Å². The summed E-state index contributed by atoms with van der Waals surface area (Å²) >= 11 is 3.39. The number of morpholine rings is 1. The number of halogens is 1. The Bertz CT molecular complexity index is 393. The number of ether oxygens (including phenoxy) is 2. The SMILES string of the molecule is COC(=O)N1CCOC(c2ccc(Br)cc2)C1. The molecule has 1 aromatic carbocycles. The van der Waals surface area contributed by atoms with Gasteiger partial charge in [0.05, 0.1) is 20.3 Å². The number of methoxy groups -OCH3 is 1. The summed E-state index contributed by atoms with van der Waals surface area (Å²) in [6.45, 7) is 1.66. The highest BCUT2D eigenvalue weighted by atomic mass is 79.9. The minimum atomic E-state index is -0.296. The highest BCUT2D eigenvalue weighted by Crippen LogP contribution is 2.23. The molecule has 2 rings (SSSR count). The third-order valence-corrected chi connectivity index (χ3v) is 3.27. The number of carbonyl (C=O) groups excluding carboxylic acids is 1. The van der Waals surface area contributed by atoms with Gasteiger partial charge < -0.3 is 14.4 Å². The molecule has 0 aliphatic carbocycles. The van der Waals surface area contributed by atoms with E-state index >= 15 is 0 Å². The average molecular weight is 300 g/mol. The third kappa shape index (κ3) is 2.98. The fourth-order valence-electron chi connectivity index (χ4n) is 1.82. The van der Waals surface area contributed by atoms with E-state index in [9.17, 15) is 4.79 Å². The number of carbonyl (C=O) groups is 1. The van der Waals surface area contributed by atoms with Gasteiger partial charge in [-0.15, -0.1) is 0 Å². The van der Waals surface area contributed by atoms with Crippen molar-refractivity contribution in [1.29, 1.82) is 0 Å². The average Bonchev–Trinajstić information content (AvgIpc) is 2.39. The Hall–Kier alpha value is -1.07. The smallest absolute Gasteiger partial charge is 0.409 e. The van der Waals surface area contributed by atoms with Crippen LogP contribution in [0.4, 0.5) is 4.79 Å². The lowest BCUT2D eigenvalue weighted by atomic mass is 10.1. The van der Waals surface area contributed by atoms with E-state index in [1.54, 1.807) is 4.90 Å². The molecule has 1 saturated heterocycles. The Morgan fingerprint density at radius 1 is 1.47 bits per heavy atom. The van der Waals surface area contributed by atoms with E-state index in [-0.39, 0.29) is 12.2 Å². The Morgan fingerprint density at radius 3 is 2.82 bits per heavy atom. The predicted molar refractivity (Wildman–Crippen MR) is 66.8 cm³/mol. The molecule has 1 amide bonds. The van der Waals surface area contributed by atoms with Crippen molar-refractivity contribution in [2.24, 2.45) is 0 Å². The molecule has 4 nitrogen and oxygen atoms in total. The van der Waals surface area contributed by atoms with Crippen molar-refractivity contribution in [1.82, 2.24) is 4.90 Å². The van der Waals surface area contributed by atoms with E-state index in [4.69, 9.17) is 9.47 Å². The van der Waals surface area contributed by atoms with Crippen LogP contribution in [0.15, 0.2) is 28.7 Å². The second kappa shape index (κ2) is 5.51. The second-order valence-corrected chi connectivity index (χ2v) is 4.74. The van der Waals surface area contributed by atoms with Crippen molar-refractivity contribution >= 4 is 22.0 Å². The molecule has 17 heavy (non-hydrogen) atoms. The van der Waals surface area contributed by atoms with Crippen molar-refractivity contribution in [3.05, 3.63) is 34.3 Å². The predicted octanol–water partition coefficient (Wildman–Crippen LogP) is 2.59. The van der Waals surface area contributed by atoms with E-state index in [2.05, 4.69) is 15.9 Å². The van der Waals surface area contributed by atoms with Crippen LogP contribution in [0.3, 0.4) is 0 Å². The molecular formula is C12H14BrNO3. The first-order valence-electron chi connectivity index (χ1n) is 5.40. The van der Waals surface area contributed by atoms with Gasteiger partial charge in [-0.2, -0.15) is 0 Å². The van der Waals surface area contributed by atoms with Crippen LogP contribution in [0.25, 0.3) is 0 Å². The maximum atomic E-state index is 11.4. The van der Waals surface area contributed by atoms with Crippen LogP contribution in [-0.2, 0) is 9.47 Å². The van der Waals surface area contributed by atoms with Crippen LogP contribution in [0.2, 0.25) is 0 Å². The van der Waals surface area contributed by atoms with Crippen LogP contribution in [0.5, 0.6) is 0 Å². The molecule has 0 N–H and O–H groups in total. The molecule has 0 bridgehead atoms. The summed E-state index contributed by atoms with van der Waals surface area (Å²) in [5, 5.41) is 0.